The first-order chi connectivity index (χ1) is 9.06. The number of ether oxygens (including phenoxy) is 1. The highest BCUT2D eigenvalue weighted by Crippen LogP contribution is 2.13. The third kappa shape index (κ3) is 2.52. The molecule has 0 unspecified atom stereocenters. The largest absolute Gasteiger partial charge is 0.383 e. The van der Waals surface area contributed by atoms with Gasteiger partial charge in [0.05, 0.1) is 18.7 Å². The van der Waals surface area contributed by atoms with Crippen LogP contribution < -0.4 is 5.56 Å². The molecule has 102 valence electrons. The van der Waals surface area contributed by atoms with Crippen molar-refractivity contribution in [2.45, 2.75) is 13.5 Å². The Balaban J connectivity index is 2.57. The number of aromatic amines is 1. The van der Waals surface area contributed by atoms with Crippen molar-refractivity contribution in [2.75, 3.05) is 13.7 Å². The van der Waals surface area contributed by atoms with Gasteiger partial charge >= 0.3 is 0 Å². The fourth-order valence-corrected chi connectivity index (χ4v) is 2.03. The van der Waals surface area contributed by atoms with Crippen molar-refractivity contribution in [2.24, 2.45) is 7.05 Å². The predicted octanol–water partition coefficient (Wildman–Crippen LogP) is 1.26. The van der Waals surface area contributed by atoms with Crippen LogP contribution in [0.5, 0.6) is 0 Å². The van der Waals surface area contributed by atoms with E-state index in [0.29, 0.717) is 29.3 Å². The van der Waals surface area contributed by atoms with Crippen LogP contribution in [0.3, 0.4) is 0 Å². The van der Waals surface area contributed by atoms with Crippen LogP contribution in [0.2, 0.25) is 0 Å². The van der Waals surface area contributed by atoms with E-state index in [9.17, 15) is 4.79 Å². The standard InChI is InChI=1S/C12H16N4O2S/c1-8-4-5-9(11(17)15(8)2)10-13-14-12(19)16(10)6-7-18-3/h4-5H,6-7H2,1-3H3,(H,14,19). The quantitative estimate of drug-likeness (QED) is 0.856. The van der Waals surface area contributed by atoms with Crippen molar-refractivity contribution in [1.82, 2.24) is 19.3 Å². The van der Waals surface area contributed by atoms with E-state index in [1.807, 2.05) is 13.0 Å². The number of hydrogen-bond acceptors (Lipinski definition) is 4. The smallest absolute Gasteiger partial charge is 0.261 e. The van der Waals surface area contributed by atoms with Crippen LogP contribution in [0.1, 0.15) is 5.69 Å². The van der Waals surface area contributed by atoms with Gasteiger partial charge in [-0.2, -0.15) is 5.10 Å². The monoisotopic (exact) mass is 280 g/mol. The number of nitrogens with zero attached hydrogens (tertiary/aromatic N) is 3. The summed E-state index contributed by atoms with van der Waals surface area (Å²) in [5.41, 5.74) is 1.33. The zero-order valence-corrected chi connectivity index (χ0v) is 12.0. The number of hydrogen-bond donors (Lipinski definition) is 1. The van der Waals surface area contributed by atoms with E-state index in [-0.39, 0.29) is 5.56 Å². The van der Waals surface area contributed by atoms with Crippen molar-refractivity contribution in [1.29, 1.82) is 0 Å². The molecule has 0 aliphatic carbocycles. The van der Waals surface area contributed by atoms with E-state index in [1.165, 1.54) is 0 Å². The molecule has 0 atom stereocenters. The number of aryl methyl sites for hydroxylation is 1. The highest BCUT2D eigenvalue weighted by molar-refractivity contribution is 7.71. The van der Waals surface area contributed by atoms with Gasteiger partial charge in [-0.25, -0.2) is 0 Å². The van der Waals surface area contributed by atoms with E-state index in [2.05, 4.69) is 10.2 Å². The summed E-state index contributed by atoms with van der Waals surface area (Å²) in [5, 5.41) is 6.87. The second kappa shape index (κ2) is 5.50. The second-order valence-corrected chi connectivity index (χ2v) is 4.64. The van der Waals surface area contributed by atoms with Gasteiger partial charge in [0, 0.05) is 19.9 Å². The molecular weight excluding hydrogens is 264 g/mol. The molecule has 0 amide bonds. The SMILES string of the molecule is COCCn1c(-c2ccc(C)n(C)c2=O)n[nH]c1=S. The number of H-pyrrole nitrogens is 1. The topological polar surface area (TPSA) is 64.8 Å². The summed E-state index contributed by atoms with van der Waals surface area (Å²) in [4.78, 5) is 12.3. The van der Waals surface area contributed by atoms with Crippen molar-refractivity contribution in [3.05, 3.63) is 33.0 Å². The second-order valence-electron chi connectivity index (χ2n) is 4.25. The van der Waals surface area contributed by atoms with Crippen molar-refractivity contribution in [3.8, 4) is 11.4 Å². The van der Waals surface area contributed by atoms with E-state index in [4.69, 9.17) is 17.0 Å². The Kier molecular flexibility index (Phi) is 3.96. The molecule has 7 heteroatoms. The predicted molar refractivity (Wildman–Crippen MR) is 74.7 cm³/mol. The molecule has 0 saturated heterocycles. The fraction of sp³-hybridized carbons (Fsp3) is 0.417. The number of rotatable bonds is 4. The summed E-state index contributed by atoms with van der Waals surface area (Å²) >= 11 is 5.17. The summed E-state index contributed by atoms with van der Waals surface area (Å²) < 4.78 is 8.88. The molecule has 0 aliphatic rings. The molecule has 0 aromatic carbocycles. The molecule has 2 heterocycles. The lowest BCUT2D eigenvalue weighted by atomic mass is 10.2. The first kappa shape index (κ1) is 13.7. The molecule has 0 saturated carbocycles. The Bertz CT molecular complexity index is 698. The van der Waals surface area contributed by atoms with Crippen LogP contribution >= 0.6 is 12.2 Å². The Morgan fingerprint density at radius 2 is 2.21 bits per heavy atom. The minimum atomic E-state index is -0.0901. The van der Waals surface area contributed by atoms with Crippen LogP contribution in [0.25, 0.3) is 11.4 Å². The summed E-state index contributed by atoms with van der Waals surface area (Å²) in [6.07, 6.45) is 0. The van der Waals surface area contributed by atoms with Gasteiger partial charge in [-0.05, 0) is 31.3 Å². The minimum absolute atomic E-state index is 0.0901. The molecule has 0 radical (unpaired) electrons. The number of methoxy groups -OCH3 is 1. The molecule has 2 aromatic heterocycles. The van der Waals surface area contributed by atoms with Gasteiger partial charge in [-0.3, -0.25) is 14.5 Å². The molecule has 0 bridgehead atoms. The molecule has 0 spiro atoms. The molecule has 0 aliphatic heterocycles. The molecule has 0 fully saturated rings. The van der Waals surface area contributed by atoms with Gasteiger partial charge in [-0.1, -0.05) is 0 Å². The highest BCUT2D eigenvalue weighted by atomic mass is 32.1. The normalized spacial score (nSPS) is 10.9. The van der Waals surface area contributed by atoms with Crippen LogP contribution in [0.4, 0.5) is 0 Å². The van der Waals surface area contributed by atoms with Crippen LogP contribution in [-0.4, -0.2) is 33.0 Å². The van der Waals surface area contributed by atoms with Gasteiger partial charge in [0.15, 0.2) is 10.6 Å². The first-order valence-corrected chi connectivity index (χ1v) is 6.28. The van der Waals surface area contributed by atoms with Gasteiger partial charge in [0.1, 0.15) is 0 Å². The third-order valence-corrected chi connectivity index (χ3v) is 3.39. The molecular formula is C12H16N4O2S. The molecule has 2 rings (SSSR count). The zero-order chi connectivity index (χ0) is 14.0. The highest BCUT2D eigenvalue weighted by Gasteiger charge is 2.13. The maximum atomic E-state index is 12.3. The molecule has 19 heavy (non-hydrogen) atoms. The molecule has 6 nitrogen and oxygen atoms in total. The Morgan fingerprint density at radius 3 is 2.89 bits per heavy atom. The summed E-state index contributed by atoms with van der Waals surface area (Å²) in [7, 11) is 3.36. The Hall–Kier alpha value is -1.73. The maximum absolute atomic E-state index is 12.3. The number of pyridine rings is 1. The molecule has 1 N–H and O–H groups in total. The van der Waals surface area contributed by atoms with E-state index >= 15 is 0 Å². The fourth-order valence-electron chi connectivity index (χ4n) is 1.81. The lowest BCUT2D eigenvalue weighted by molar-refractivity contribution is 0.187. The van der Waals surface area contributed by atoms with Crippen LogP contribution in [0, 0.1) is 11.7 Å². The number of nitrogens with one attached hydrogen (secondary N) is 1. The van der Waals surface area contributed by atoms with Crippen molar-refractivity contribution in [3.63, 3.8) is 0 Å². The van der Waals surface area contributed by atoms with Gasteiger partial charge < -0.3 is 9.30 Å². The van der Waals surface area contributed by atoms with Gasteiger partial charge in [0.2, 0.25) is 0 Å². The summed E-state index contributed by atoms with van der Waals surface area (Å²) in [5.74, 6) is 0.544. The van der Waals surface area contributed by atoms with E-state index < -0.39 is 0 Å². The van der Waals surface area contributed by atoms with Crippen molar-refractivity contribution >= 4 is 12.2 Å². The third-order valence-electron chi connectivity index (χ3n) is 3.07. The lowest BCUT2D eigenvalue weighted by Crippen LogP contribution is -2.22. The summed E-state index contributed by atoms with van der Waals surface area (Å²) in [6.45, 7) is 2.94. The Labute approximate surface area is 115 Å². The average Bonchev–Trinajstić information content (AvgIpc) is 2.75. The maximum Gasteiger partial charge on any atom is 0.261 e. The lowest BCUT2D eigenvalue weighted by Gasteiger charge is -2.08. The van der Waals surface area contributed by atoms with Gasteiger partial charge in [0.25, 0.3) is 5.56 Å². The average molecular weight is 280 g/mol. The van der Waals surface area contributed by atoms with Crippen molar-refractivity contribution < 1.29 is 4.74 Å². The summed E-state index contributed by atoms with van der Waals surface area (Å²) in [6, 6.07) is 3.65. The molecule has 2 aromatic rings. The number of aromatic nitrogens is 4. The van der Waals surface area contributed by atoms with Gasteiger partial charge in [-0.15, -0.1) is 0 Å². The van der Waals surface area contributed by atoms with Crippen LogP contribution in [-0.2, 0) is 18.3 Å². The Morgan fingerprint density at radius 1 is 1.47 bits per heavy atom. The van der Waals surface area contributed by atoms with Crippen LogP contribution in [0.15, 0.2) is 16.9 Å². The first-order valence-electron chi connectivity index (χ1n) is 5.87. The minimum Gasteiger partial charge on any atom is -0.383 e. The van der Waals surface area contributed by atoms with E-state index in [1.54, 1.807) is 29.4 Å². The zero-order valence-electron chi connectivity index (χ0n) is 11.1. The van der Waals surface area contributed by atoms with E-state index in [0.717, 1.165) is 5.69 Å².